The Balaban J connectivity index is 2.21. The molecule has 0 radical (unpaired) electrons. The molecule has 2 rings (SSSR count). The third kappa shape index (κ3) is 6.11. The van der Waals surface area contributed by atoms with Crippen LogP contribution in [-0.2, 0) is 14.8 Å². The zero-order chi connectivity index (χ0) is 23.2. The van der Waals surface area contributed by atoms with Gasteiger partial charge in [-0.2, -0.15) is 4.31 Å². The lowest BCUT2D eigenvalue weighted by Crippen LogP contribution is -2.47. The maximum absolute atomic E-state index is 13.1. The lowest BCUT2D eigenvalue weighted by Gasteiger charge is -2.22. The van der Waals surface area contributed by atoms with E-state index in [2.05, 4.69) is 10.6 Å². The number of carbonyl (C=O) groups is 2. The summed E-state index contributed by atoms with van der Waals surface area (Å²) >= 11 is 0. The topological polar surface area (TPSA) is 95.6 Å². The van der Waals surface area contributed by atoms with Crippen LogP contribution < -0.4 is 10.6 Å². The van der Waals surface area contributed by atoms with Gasteiger partial charge in [-0.25, -0.2) is 12.8 Å². The van der Waals surface area contributed by atoms with Gasteiger partial charge in [0.25, 0.3) is 5.91 Å². The molecule has 0 aromatic heterocycles. The molecule has 2 N–H and O–H groups in total. The highest BCUT2D eigenvalue weighted by molar-refractivity contribution is 7.89. The van der Waals surface area contributed by atoms with E-state index in [1.807, 2.05) is 0 Å². The Morgan fingerprint density at radius 1 is 1.03 bits per heavy atom. The van der Waals surface area contributed by atoms with Crippen molar-refractivity contribution in [2.75, 3.05) is 18.4 Å². The van der Waals surface area contributed by atoms with Crippen molar-refractivity contribution in [3.63, 3.8) is 0 Å². The van der Waals surface area contributed by atoms with Crippen LogP contribution in [0.15, 0.2) is 53.4 Å². The third-order valence-electron chi connectivity index (χ3n) is 4.79. The SMILES string of the molecule is CCN(CC)S(=O)(=O)c1cccc(C(=O)N[C@@H](C(=O)Nc2ccc(F)cc2)C(C)C)c1. The van der Waals surface area contributed by atoms with Crippen LogP contribution in [0.2, 0.25) is 0 Å². The second-order valence-corrected chi connectivity index (χ2v) is 9.25. The fourth-order valence-electron chi connectivity index (χ4n) is 3.02. The summed E-state index contributed by atoms with van der Waals surface area (Å²) in [6.07, 6.45) is 0. The number of hydrogen-bond donors (Lipinski definition) is 2. The Kier molecular flexibility index (Phi) is 8.29. The van der Waals surface area contributed by atoms with E-state index in [1.165, 1.54) is 52.8 Å². The van der Waals surface area contributed by atoms with Crippen LogP contribution in [0.25, 0.3) is 0 Å². The summed E-state index contributed by atoms with van der Waals surface area (Å²) in [7, 11) is -3.72. The first kappa shape index (κ1) is 24.5. The Hall–Kier alpha value is -2.78. The molecule has 0 aliphatic heterocycles. The minimum absolute atomic E-state index is 0.0145. The minimum Gasteiger partial charge on any atom is -0.340 e. The van der Waals surface area contributed by atoms with Crippen molar-refractivity contribution in [1.82, 2.24) is 9.62 Å². The first-order chi connectivity index (χ1) is 14.6. The summed E-state index contributed by atoms with van der Waals surface area (Å²) in [6, 6.07) is 10.1. The van der Waals surface area contributed by atoms with Gasteiger partial charge in [-0.05, 0) is 48.4 Å². The van der Waals surface area contributed by atoms with E-state index in [9.17, 15) is 22.4 Å². The van der Waals surface area contributed by atoms with Gasteiger partial charge in [-0.3, -0.25) is 9.59 Å². The number of nitrogens with one attached hydrogen (secondary N) is 2. The predicted octanol–water partition coefficient (Wildman–Crippen LogP) is 3.25. The zero-order valence-corrected chi connectivity index (χ0v) is 18.9. The van der Waals surface area contributed by atoms with E-state index in [-0.39, 0.29) is 16.4 Å². The summed E-state index contributed by atoms with van der Waals surface area (Å²) in [5, 5.41) is 5.32. The Bertz CT molecular complexity index is 1020. The van der Waals surface area contributed by atoms with Gasteiger partial charge in [-0.15, -0.1) is 0 Å². The lowest BCUT2D eigenvalue weighted by atomic mass is 10.0. The molecule has 0 fully saturated rings. The fraction of sp³-hybridized carbons (Fsp3) is 0.364. The van der Waals surface area contributed by atoms with Crippen LogP contribution in [0.4, 0.5) is 10.1 Å². The standard InChI is InChI=1S/C22H28FN3O4S/c1-5-26(6-2)31(29,30)19-9-7-8-16(14-19)21(27)25-20(15(3)4)22(28)24-18-12-10-17(23)11-13-18/h7-15,20H,5-6H2,1-4H3,(H,24,28)(H,25,27)/t20-/m1/s1. The third-order valence-corrected chi connectivity index (χ3v) is 6.83. The molecule has 9 heteroatoms. The van der Waals surface area contributed by atoms with Gasteiger partial charge in [0.2, 0.25) is 15.9 Å². The number of amides is 2. The molecule has 0 saturated heterocycles. The lowest BCUT2D eigenvalue weighted by molar-refractivity contribution is -0.118. The molecule has 0 spiro atoms. The van der Waals surface area contributed by atoms with Crippen molar-refractivity contribution < 1.29 is 22.4 Å². The number of nitrogens with zero attached hydrogens (tertiary/aromatic N) is 1. The number of carbonyl (C=O) groups excluding carboxylic acids is 2. The molecule has 2 aromatic carbocycles. The van der Waals surface area contributed by atoms with E-state index in [1.54, 1.807) is 27.7 Å². The molecule has 0 aliphatic carbocycles. The highest BCUT2D eigenvalue weighted by Gasteiger charge is 2.26. The number of anilines is 1. The molecule has 0 bridgehead atoms. The molecular formula is C22H28FN3O4S. The van der Waals surface area contributed by atoms with Gasteiger partial charge < -0.3 is 10.6 Å². The van der Waals surface area contributed by atoms with E-state index < -0.39 is 33.7 Å². The van der Waals surface area contributed by atoms with Gasteiger partial charge in [0.05, 0.1) is 4.90 Å². The van der Waals surface area contributed by atoms with Crippen molar-refractivity contribution in [1.29, 1.82) is 0 Å². The minimum atomic E-state index is -3.72. The van der Waals surface area contributed by atoms with Crippen molar-refractivity contribution in [3.05, 3.63) is 59.9 Å². The normalized spacial score (nSPS) is 12.6. The highest BCUT2D eigenvalue weighted by Crippen LogP contribution is 2.18. The summed E-state index contributed by atoms with van der Waals surface area (Å²) in [4.78, 5) is 25.5. The molecule has 0 unspecified atom stereocenters. The molecule has 1 atom stereocenters. The van der Waals surface area contributed by atoms with Crippen LogP contribution in [0.1, 0.15) is 38.1 Å². The van der Waals surface area contributed by atoms with Crippen LogP contribution >= 0.6 is 0 Å². The summed E-state index contributed by atoms with van der Waals surface area (Å²) in [5.74, 6) is -1.69. The molecule has 2 amide bonds. The van der Waals surface area contributed by atoms with Crippen LogP contribution in [0, 0.1) is 11.7 Å². The largest absolute Gasteiger partial charge is 0.340 e. The fourth-order valence-corrected chi connectivity index (χ4v) is 4.53. The number of halogens is 1. The van der Waals surface area contributed by atoms with Crippen LogP contribution in [0.3, 0.4) is 0 Å². The second-order valence-electron chi connectivity index (χ2n) is 7.31. The Morgan fingerprint density at radius 3 is 2.19 bits per heavy atom. The van der Waals surface area contributed by atoms with Gasteiger partial charge in [0, 0.05) is 24.3 Å². The number of benzene rings is 2. The van der Waals surface area contributed by atoms with Crippen molar-refractivity contribution in [2.45, 2.75) is 38.6 Å². The molecule has 168 valence electrons. The number of hydrogen-bond acceptors (Lipinski definition) is 4. The van der Waals surface area contributed by atoms with Gasteiger partial charge >= 0.3 is 0 Å². The van der Waals surface area contributed by atoms with E-state index in [0.29, 0.717) is 18.8 Å². The Morgan fingerprint density at radius 2 is 1.65 bits per heavy atom. The molecule has 2 aromatic rings. The molecule has 0 heterocycles. The van der Waals surface area contributed by atoms with E-state index in [4.69, 9.17) is 0 Å². The first-order valence-electron chi connectivity index (χ1n) is 10.1. The zero-order valence-electron chi connectivity index (χ0n) is 18.1. The molecule has 0 saturated carbocycles. The maximum atomic E-state index is 13.1. The van der Waals surface area contributed by atoms with Crippen molar-refractivity contribution in [2.24, 2.45) is 5.92 Å². The van der Waals surface area contributed by atoms with E-state index >= 15 is 0 Å². The monoisotopic (exact) mass is 449 g/mol. The first-order valence-corrected chi connectivity index (χ1v) is 11.5. The van der Waals surface area contributed by atoms with E-state index in [0.717, 1.165) is 0 Å². The molecule has 7 nitrogen and oxygen atoms in total. The summed E-state index contributed by atoms with van der Waals surface area (Å²) in [5.41, 5.74) is 0.534. The average molecular weight is 450 g/mol. The predicted molar refractivity (Wildman–Crippen MR) is 118 cm³/mol. The summed E-state index contributed by atoms with van der Waals surface area (Å²) in [6.45, 7) is 7.66. The van der Waals surface area contributed by atoms with Gasteiger partial charge in [0.1, 0.15) is 11.9 Å². The van der Waals surface area contributed by atoms with Gasteiger partial charge in [0.15, 0.2) is 0 Å². The van der Waals surface area contributed by atoms with Crippen LogP contribution in [0.5, 0.6) is 0 Å². The molecular weight excluding hydrogens is 421 g/mol. The van der Waals surface area contributed by atoms with Gasteiger partial charge in [-0.1, -0.05) is 33.8 Å². The quantitative estimate of drug-likeness (QED) is 0.614. The number of sulfonamides is 1. The average Bonchev–Trinajstić information content (AvgIpc) is 2.74. The van der Waals surface area contributed by atoms with Crippen molar-refractivity contribution in [3.8, 4) is 0 Å². The molecule has 31 heavy (non-hydrogen) atoms. The highest BCUT2D eigenvalue weighted by atomic mass is 32.2. The van der Waals surface area contributed by atoms with Crippen molar-refractivity contribution >= 4 is 27.5 Å². The smallest absolute Gasteiger partial charge is 0.251 e. The second kappa shape index (κ2) is 10.5. The molecule has 0 aliphatic rings. The summed E-state index contributed by atoms with van der Waals surface area (Å²) < 4.78 is 39.8. The number of rotatable bonds is 9. The maximum Gasteiger partial charge on any atom is 0.251 e. The van der Waals surface area contributed by atoms with Crippen LogP contribution in [-0.4, -0.2) is 43.7 Å². The Labute approximate surface area is 182 Å².